The Kier molecular flexibility index (Phi) is 6.80. The van der Waals surface area contributed by atoms with Crippen LogP contribution >= 0.6 is 11.6 Å². The van der Waals surface area contributed by atoms with E-state index in [4.69, 9.17) is 31.2 Å². The number of imidazole rings is 1. The van der Waals surface area contributed by atoms with Crippen LogP contribution in [0.4, 0.5) is 0 Å². The molecule has 0 unspecified atom stereocenters. The zero-order valence-electron chi connectivity index (χ0n) is 17.8. The van der Waals surface area contributed by atoms with Gasteiger partial charge in [-0.1, -0.05) is 23.7 Å². The van der Waals surface area contributed by atoms with Gasteiger partial charge in [0.1, 0.15) is 11.6 Å². The topological polar surface area (TPSA) is 96.4 Å². The molecule has 2 N–H and O–H groups in total. The lowest BCUT2D eigenvalue weighted by atomic mass is 10.2. The lowest BCUT2D eigenvalue weighted by Gasteiger charge is -2.09. The summed E-state index contributed by atoms with van der Waals surface area (Å²) < 4.78 is 36.1. The van der Waals surface area contributed by atoms with Crippen molar-refractivity contribution < 1.29 is 17.9 Å². The second-order valence-electron chi connectivity index (χ2n) is 7.31. The zero-order chi connectivity index (χ0) is 23.4. The average Bonchev–Trinajstić information content (AvgIpc) is 3.24. The largest absolute Gasteiger partial charge is 0.497 e. The summed E-state index contributed by atoms with van der Waals surface area (Å²) in [5.41, 5.74) is 3.34. The highest BCUT2D eigenvalue weighted by molar-refractivity contribution is 7.89. The summed E-state index contributed by atoms with van der Waals surface area (Å²) in [4.78, 5) is 4.79. The Bertz CT molecular complexity index is 1330. The van der Waals surface area contributed by atoms with Gasteiger partial charge in [-0.05, 0) is 66.2 Å². The SMILES string of the molecule is COc1ccc(COCc2cn(-c3ccc(S(N)(=O)=O)cc3)c(-c3ccc(Cl)cc3)n2)cc1. The molecule has 0 aliphatic rings. The van der Waals surface area contributed by atoms with E-state index >= 15 is 0 Å². The summed E-state index contributed by atoms with van der Waals surface area (Å²) in [6.45, 7) is 0.727. The van der Waals surface area contributed by atoms with Crippen molar-refractivity contribution in [1.29, 1.82) is 0 Å². The van der Waals surface area contributed by atoms with Crippen LogP contribution in [0, 0.1) is 0 Å². The lowest BCUT2D eigenvalue weighted by Crippen LogP contribution is -2.12. The second-order valence-corrected chi connectivity index (χ2v) is 9.31. The number of hydrogen-bond acceptors (Lipinski definition) is 5. The molecule has 4 aromatic rings. The van der Waals surface area contributed by atoms with Crippen molar-refractivity contribution in [3.05, 3.63) is 95.3 Å². The predicted molar refractivity (Wildman–Crippen MR) is 127 cm³/mol. The van der Waals surface area contributed by atoms with Crippen molar-refractivity contribution in [2.24, 2.45) is 5.14 Å². The fourth-order valence-electron chi connectivity index (χ4n) is 3.29. The molecule has 0 saturated heterocycles. The highest BCUT2D eigenvalue weighted by Crippen LogP contribution is 2.26. The number of hydrogen-bond donors (Lipinski definition) is 1. The molecule has 0 fully saturated rings. The van der Waals surface area contributed by atoms with Crippen molar-refractivity contribution in [3.8, 4) is 22.8 Å². The van der Waals surface area contributed by atoms with Crippen molar-refractivity contribution in [2.45, 2.75) is 18.1 Å². The average molecular weight is 484 g/mol. The quantitative estimate of drug-likeness (QED) is 0.396. The van der Waals surface area contributed by atoms with Crippen LogP contribution in [0.2, 0.25) is 5.02 Å². The molecule has 170 valence electrons. The number of sulfonamides is 1. The molecule has 0 spiro atoms. The number of halogens is 1. The Labute approximate surface area is 197 Å². The predicted octanol–water partition coefficient (Wildman–Crippen LogP) is 4.57. The Morgan fingerprint density at radius 3 is 2.21 bits per heavy atom. The molecular formula is C24H22ClN3O4S. The van der Waals surface area contributed by atoms with Crippen LogP contribution in [-0.2, 0) is 28.0 Å². The van der Waals surface area contributed by atoms with E-state index < -0.39 is 10.0 Å². The van der Waals surface area contributed by atoms with Gasteiger partial charge in [-0.2, -0.15) is 0 Å². The van der Waals surface area contributed by atoms with Crippen molar-refractivity contribution in [1.82, 2.24) is 9.55 Å². The van der Waals surface area contributed by atoms with Gasteiger partial charge < -0.3 is 9.47 Å². The first-order valence-corrected chi connectivity index (χ1v) is 11.9. The van der Waals surface area contributed by atoms with Gasteiger partial charge in [-0.15, -0.1) is 0 Å². The molecule has 4 rings (SSSR count). The van der Waals surface area contributed by atoms with Gasteiger partial charge in [0.25, 0.3) is 0 Å². The maximum Gasteiger partial charge on any atom is 0.238 e. The monoisotopic (exact) mass is 483 g/mol. The highest BCUT2D eigenvalue weighted by atomic mass is 35.5. The van der Waals surface area contributed by atoms with Crippen LogP contribution in [-0.4, -0.2) is 25.1 Å². The summed E-state index contributed by atoms with van der Waals surface area (Å²) in [6, 6.07) is 21.3. The van der Waals surface area contributed by atoms with Crippen molar-refractivity contribution in [2.75, 3.05) is 7.11 Å². The molecule has 0 bridgehead atoms. The molecule has 1 heterocycles. The van der Waals surface area contributed by atoms with Crippen LogP contribution in [0.15, 0.2) is 83.9 Å². The molecule has 0 aliphatic carbocycles. The molecule has 3 aromatic carbocycles. The molecule has 0 radical (unpaired) electrons. The van der Waals surface area contributed by atoms with Gasteiger partial charge in [0.05, 0.1) is 30.9 Å². The van der Waals surface area contributed by atoms with E-state index in [2.05, 4.69) is 0 Å². The standard InChI is InChI=1S/C24H22ClN3O4S/c1-31-22-10-2-17(3-11-22)15-32-16-20-14-28(21-8-12-23(13-9-21)33(26,29)30)24(27-20)18-4-6-19(25)7-5-18/h2-14H,15-16H2,1H3,(H2,26,29,30). The van der Waals surface area contributed by atoms with E-state index in [1.54, 1.807) is 31.4 Å². The molecule has 0 aliphatic heterocycles. The minimum Gasteiger partial charge on any atom is -0.497 e. The van der Waals surface area contributed by atoms with Crippen LogP contribution in [0.3, 0.4) is 0 Å². The summed E-state index contributed by atoms with van der Waals surface area (Å²) in [6.07, 6.45) is 1.86. The first kappa shape index (κ1) is 23.0. The lowest BCUT2D eigenvalue weighted by molar-refractivity contribution is 0.105. The third-order valence-electron chi connectivity index (χ3n) is 4.98. The summed E-state index contributed by atoms with van der Waals surface area (Å²) in [7, 11) is -2.15. The van der Waals surface area contributed by atoms with Gasteiger partial charge in [0, 0.05) is 22.5 Å². The van der Waals surface area contributed by atoms with Gasteiger partial charge in [0.15, 0.2) is 0 Å². The molecular weight excluding hydrogens is 462 g/mol. The number of primary sulfonamides is 1. The molecule has 0 amide bonds. The molecule has 0 saturated carbocycles. The Morgan fingerprint density at radius 2 is 1.61 bits per heavy atom. The number of nitrogens with two attached hydrogens (primary N) is 1. The van der Waals surface area contributed by atoms with Gasteiger partial charge in [-0.3, -0.25) is 4.57 Å². The van der Waals surface area contributed by atoms with E-state index in [0.29, 0.717) is 24.1 Å². The number of benzene rings is 3. The molecule has 0 atom stereocenters. The van der Waals surface area contributed by atoms with Gasteiger partial charge >= 0.3 is 0 Å². The number of methoxy groups -OCH3 is 1. The number of ether oxygens (including phenoxy) is 2. The van der Waals surface area contributed by atoms with Crippen LogP contribution < -0.4 is 9.88 Å². The smallest absolute Gasteiger partial charge is 0.238 e. The third kappa shape index (κ3) is 5.61. The second kappa shape index (κ2) is 9.76. The third-order valence-corrected chi connectivity index (χ3v) is 6.16. The number of aromatic nitrogens is 2. The summed E-state index contributed by atoms with van der Waals surface area (Å²) in [5.74, 6) is 1.47. The van der Waals surface area contributed by atoms with E-state index in [0.717, 1.165) is 28.3 Å². The number of rotatable bonds is 8. The maximum absolute atomic E-state index is 11.6. The van der Waals surface area contributed by atoms with Crippen molar-refractivity contribution in [3.63, 3.8) is 0 Å². The summed E-state index contributed by atoms with van der Waals surface area (Å²) in [5, 5.41) is 5.84. The van der Waals surface area contributed by atoms with Crippen LogP contribution in [0.5, 0.6) is 5.75 Å². The highest BCUT2D eigenvalue weighted by Gasteiger charge is 2.14. The van der Waals surface area contributed by atoms with E-state index in [1.807, 2.05) is 47.2 Å². The zero-order valence-corrected chi connectivity index (χ0v) is 19.4. The fourth-order valence-corrected chi connectivity index (χ4v) is 3.93. The molecule has 9 heteroatoms. The fraction of sp³-hybridized carbons (Fsp3) is 0.125. The Hall–Kier alpha value is -3.17. The minimum absolute atomic E-state index is 0.0439. The molecule has 33 heavy (non-hydrogen) atoms. The summed E-state index contributed by atoms with van der Waals surface area (Å²) >= 11 is 6.04. The van der Waals surface area contributed by atoms with E-state index in [1.165, 1.54) is 12.1 Å². The van der Waals surface area contributed by atoms with Crippen LogP contribution in [0.1, 0.15) is 11.3 Å². The molecule has 7 nitrogen and oxygen atoms in total. The normalized spacial score (nSPS) is 11.5. The first-order valence-electron chi connectivity index (χ1n) is 10.0. The van der Waals surface area contributed by atoms with Gasteiger partial charge in [-0.25, -0.2) is 18.5 Å². The maximum atomic E-state index is 11.6. The Morgan fingerprint density at radius 1 is 0.939 bits per heavy atom. The van der Waals surface area contributed by atoms with E-state index in [9.17, 15) is 8.42 Å². The van der Waals surface area contributed by atoms with E-state index in [-0.39, 0.29) is 4.90 Å². The number of nitrogens with zero attached hydrogens (tertiary/aromatic N) is 2. The van der Waals surface area contributed by atoms with Crippen LogP contribution in [0.25, 0.3) is 17.1 Å². The molecule has 1 aromatic heterocycles. The first-order chi connectivity index (χ1) is 15.8. The van der Waals surface area contributed by atoms with Gasteiger partial charge in [0.2, 0.25) is 10.0 Å². The van der Waals surface area contributed by atoms with Crippen molar-refractivity contribution >= 4 is 21.6 Å². The minimum atomic E-state index is -3.77. The Balaban J connectivity index is 1.60.